The number of carbonyl (C=O) groups excluding carboxylic acids is 2. The number of nitrogens with one attached hydrogen (secondary N) is 1. The standard InChI is InChI=1S/C20H23N3O2/c1-3-9-22-10-7-20(19(22)25)13-23(12-14(20)2)18(24)16-4-5-17-15(11-16)6-8-21-17/h3-6,8,11,14,21H,1,7,9-10,12-13H2,2H3/t14-,20-/m1/s1. The van der Waals surface area contributed by atoms with Crippen molar-refractivity contribution in [2.24, 2.45) is 11.3 Å². The molecule has 5 heteroatoms. The van der Waals surface area contributed by atoms with Gasteiger partial charge in [-0.3, -0.25) is 9.59 Å². The number of hydrogen-bond acceptors (Lipinski definition) is 2. The minimum Gasteiger partial charge on any atom is -0.361 e. The fourth-order valence-corrected chi connectivity index (χ4v) is 4.38. The second-order valence-electron chi connectivity index (χ2n) is 7.31. The summed E-state index contributed by atoms with van der Waals surface area (Å²) in [6.07, 6.45) is 4.46. The highest BCUT2D eigenvalue weighted by atomic mass is 16.2. The van der Waals surface area contributed by atoms with Crippen molar-refractivity contribution in [2.75, 3.05) is 26.2 Å². The highest BCUT2D eigenvalue weighted by Crippen LogP contribution is 2.45. The van der Waals surface area contributed by atoms with Crippen LogP contribution in [0.1, 0.15) is 23.7 Å². The van der Waals surface area contributed by atoms with Gasteiger partial charge in [-0.15, -0.1) is 6.58 Å². The van der Waals surface area contributed by atoms with Crippen molar-refractivity contribution in [1.29, 1.82) is 0 Å². The normalized spacial score (nSPS) is 26.1. The van der Waals surface area contributed by atoms with Crippen LogP contribution in [0.25, 0.3) is 10.9 Å². The zero-order chi connectivity index (χ0) is 17.6. The van der Waals surface area contributed by atoms with Gasteiger partial charge in [0, 0.05) is 48.8 Å². The van der Waals surface area contributed by atoms with Crippen LogP contribution in [0.4, 0.5) is 0 Å². The van der Waals surface area contributed by atoms with E-state index in [9.17, 15) is 9.59 Å². The van der Waals surface area contributed by atoms with E-state index in [0.29, 0.717) is 25.2 Å². The Kier molecular flexibility index (Phi) is 3.67. The summed E-state index contributed by atoms with van der Waals surface area (Å²) in [5.41, 5.74) is 1.29. The largest absolute Gasteiger partial charge is 0.361 e. The number of rotatable bonds is 3. The van der Waals surface area contributed by atoms with Gasteiger partial charge in [-0.25, -0.2) is 0 Å². The summed E-state index contributed by atoms with van der Waals surface area (Å²) in [6, 6.07) is 7.68. The minimum absolute atomic E-state index is 0.0156. The first-order chi connectivity index (χ1) is 12.0. The van der Waals surface area contributed by atoms with Gasteiger partial charge >= 0.3 is 0 Å². The van der Waals surface area contributed by atoms with E-state index in [1.54, 1.807) is 6.08 Å². The molecule has 0 saturated carbocycles. The van der Waals surface area contributed by atoms with E-state index in [1.165, 1.54) is 0 Å². The lowest BCUT2D eigenvalue weighted by atomic mass is 9.78. The van der Waals surface area contributed by atoms with Crippen LogP contribution >= 0.6 is 0 Å². The third-order valence-electron chi connectivity index (χ3n) is 5.89. The first-order valence-corrected chi connectivity index (χ1v) is 8.82. The Morgan fingerprint density at radius 3 is 3.08 bits per heavy atom. The van der Waals surface area contributed by atoms with Crippen molar-refractivity contribution in [3.05, 3.63) is 48.7 Å². The lowest BCUT2D eigenvalue weighted by Crippen LogP contribution is -2.40. The van der Waals surface area contributed by atoms with Gasteiger partial charge in [0.15, 0.2) is 0 Å². The van der Waals surface area contributed by atoms with Gasteiger partial charge in [0.25, 0.3) is 5.91 Å². The highest BCUT2D eigenvalue weighted by Gasteiger charge is 2.55. The van der Waals surface area contributed by atoms with Crippen molar-refractivity contribution in [2.45, 2.75) is 13.3 Å². The first kappa shape index (κ1) is 15.9. The predicted octanol–water partition coefficient (Wildman–Crippen LogP) is 2.66. The molecule has 2 saturated heterocycles. The number of likely N-dealkylation sites (tertiary alicyclic amines) is 2. The van der Waals surface area contributed by atoms with E-state index >= 15 is 0 Å². The molecule has 4 rings (SSSR count). The molecule has 25 heavy (non-hydrogen) atoms. The lowest BCUT2D eigenvalue weighted by Gasteiger charge is -2.26. The maximum Gasteiger partial charge on any atom is 0.253 e. The summed E-state index contributed by atoms with van der Waals surface area (Å²) in [5.74, 6) is 0.368. The van der Waals surface area contributed by atoms with Gasteiger partial charge in [-0.1, -0.05) is 13.0 Å². The average Bonchev–Trinajstić information content (AvgIpc) is 3.29. The Morgan fingerprint density at radius 1 is 1.44 bits per heavy atom. The molecule has 1 aromatic heterocycles. The number of nitrogens with zero attached hydrogens (tertiary/aromatic N) is 2. The summed E-state index contributed by atoms with van der Waals surface area (Å²) >= 11 is 0. The Morgan fingerprint density at radius 2 is 2.28 bits per heavy atom. The van der Waals surface area contributed by atoms with E-state index in [4.69, 9.17) is 0 Å². The van der Waals surface area contributed by atoms with E-state index in [-0.39, 0.29) is 17.7 Å². The van der Waals surface area contributed by atoms with Crippen molar-refractivity contribution in [3.63, 3.8) is 0 Å². The highest BCUT2D eigenvalue weighted by molar-refractivity contribution is 5.99. The van der Waals surface area contributed by atoms with Crippen molar-refractivity contribution < 1.29 is 9.59 Å². The Bertz CT molecular complexity index is 855. The molecular weight excluding hydrogens is 314 g/mol. The van der Waals surface area contributed by atoms with Crippen LogP contribution in [-0.2, 0) is 4.79 Å². The zero-order valence-corrected chi connectivity index (χ0v) is 14.5. The smallest absolute Gasteiger partial charge is 0.253 e. The van der Waals surface area contributed by atoms with Gasteiger partial charge in [-0.2, -0.15) is 0 Å². The van der Waals surface area contributed by atoms with Crippen LogP contribution in [-0.4, -0.2) is 52.8 Å². The second kappa shape index (κ2) is 5.76. The van der Waals surface area contributed by atoms with Gasteiger partial charge in [-0.05, 0) is 36.6 Å². The molecule has 130 valence electrons. The van der Waals surface area contributed by atoms with Crippen molar-refractivity contribution in [1.82, 2.24) is 14.8 Å². The Balaban J connectivity index is 1.57. The summed E-state index contributed by atoms with van der Waals surface area (Å²) < 4.78 is 0. The third kappa shape index (κ3) is 2.37. The maximum absolute atomic E-state index is 13.0. The zero-order valence-electron chi connectivity index (χ0n) is 14.5. The van der Waals surface area contributed by atoms with Crippen LogP contribution in [0.5, 0.6) is 0 Å². The first-order valence-electron chi connectivity index (χ1n) is 8.82. The van der Waals surface area contributed by atoms with Crippen LogP contribution in [0.2, 0.25) is 0 Å². The van der Waals surface area contributed by atoms with Crippen molar-refractivity contribution >= 4 is 22.7 Å². The Labute approximate surface area is 147 Å². The summed E-state index contributed by atoms with van der Waals surface area (Å²) in [6.45, 7) is 8.33. The van der Waals surface area contributed by atoms with Crippen molar-refractivity contribution in [3.8, 4) is 0 Å². The van der Waals surface area contributed by atoms with Crippen LogP contribution in [0.3, 0.4) is 0 Å². The molecule has 1 aromatic carbocycles. The molecule has 5 nitrogen and oxygen atoms in total. The van der Waals surface area contributed by atoms with Gasteiger partial charge < -0.3 is 14.8 Å². The van der Waals surface area contributed by atoms with E-state index in [1.807, 2.05) is 40.3 Å². The molecule has 0 aliphatic carbocycles. The quantitative estimate of drug-likeness (QED) is 0.876. The van der Waals surface area contributed by atoms with E-state index in [0.717, 1.165) is 23.9 Å². The number of benzene rings is 1. The maximum atomic E-state index is 13.0. The number of aromatic nitrogens is 1. The summed E-state index contributed by atoms with van der Waals surface area (Å²) in [5, 5.41) is 1.03. The number of carbonyl (C=O) groups is 2. The van der Waals surface area contributed by atoms with Crippen LogP contribution in [0, 0.1) is 11.3 Å². The molecular formula is C20H23N3O2. The predicted molar refractivity (Wildman–Crippen MR) is 97.2 cm³/mol. The fraction of sp³-hybridized carbons (Fsp3) is 0.400. The van der Waals surface area contributed by atoms with Gasteiger partial charge in [0.1, 0.15) is 0 Å². The van der Waals surface area contributed by atoms with Crippen LogP contribution < -0.4 is 0 Å². The molecule has 0 bridgehead atoms. The number of hydrogen-bond donors (Lipinski definition) is 1. The molecule has 2 atom stereocenters. The summed E-state index contributed by atoms with van der Waals surface area (Å²) in [4.78, 5) is 32.8. The van der Waals surface area contributed by atoms with E-state index in [2.05, 4.69) is 18.5 Å². The molecule has 2 fully saturated rings. The summed E-state index contributed by atoms with van der Waals surface area (Å²) in [7, 11) is 0. The molecule has 2 aliphatic rings. The minimum atomic E-state index is -0.420. The van der Waals surface area contributed by atoms with E-state index < -0.39 is 5.41 Å². The number of aromatic amines is 1. The number of fused-ring (bicyclic) bond motifs is 1. The molecule has 0 unspecified atom stereocenters. The molecule has 0 radical (unpaired) electrons. The molecule has 2 aromatic rings. The molecule has 1 spiro atoms. The molecule has 3 heterocycles. The molecule has 1 N–H and O–H groups in total. The van der Waals surface area contributed by atoms with Gasteiger partial charge in [0.05, 0.1) is 5.41 Å². The lowest BCUT2D eigenvalue weighted by molar-refractivity contribution is -0.136. The SMILES string of the molecule is C=CCN1CC[C@]2(CN(C(=O)c3ccc4[nH]ccc4c3)C[C@H]2C)C1=O. The second-order valence-corrected chi connectivity index (χ2v) is 7.31. The van der Waals surface area contributed by atoms with Crippen LogP contribution in [0.15, 0.2) is 43.1 Å². The molecule has 2 amide bonds. The number of H-pyrrole nitrogens is 1. The topological polar surface area (TPSA) is 56.4 Å². The van der Waals surface area contributed by atoms with Gasteiger partial charge in [0.2, 0.25) is 5.91 Å². The number of amides is 2. The monoisotopic (exact) mass is 337 g/mol. The third-order valence-corrected chi connectivity index (χ3v) is 5.89. The average molecular weight is 337 g/mol. The fourth-order valence-electron chi connectivity index (χ4n) is 4.38. The Hall–Kier alpha value is -2.56. The molecule has 2 aliphatic heterocycles.